The lowest BCUT2D eigenvalue weighted by Crippen LogP contribution is -2.24. The van der Waals surface area contributed by atoms with Gasteiger partial charge >= 0.3 is 0 Å². The van der Waals surface area contributed by atoms with Crippen molar-refractivity contribution >= 4 is 5.91 Å². The van der Waals surface area contributed by atoms with E-state index in [-0.39, 0.29) is 5.91 Å². The molecule has 1 aromatic heterocycles. The fourth-order valence-corrected chi connectivity index (χ4v) is 3.10. The van der Waals surface area contributed by atoms with E-state index in [1.165, 1.54) is 5.56 Å². The highest BCUT2D eigenvalue weighted by atomic mass is 16.5. The molecule has 0 unspecified atom stereocenters. The number of rotatable bonds is 7. The molecular weight excluding hydrogens is 338 g/mol. The molecule has 0 saturated carbocycles. The first-order chi connectivity index (χ1) is 13.1. The van der Waals surface area contributed by atoms with Gasteiger partial charge in [-0.2, -0.15) is 5.10 Å². The van der Waals surface area contributed by atoms with E-state index in [2.05, 4.69) is 22.5 Å². The van der Waals surface area contributed by atoms with Gasteiger partial charge in [0.15, 0.2) is 0 Å². The molecule has 0 aliphatic rings. The Morgan fingerprint density at radius 2 is 1.78 bits per heavy atom. The van der Waals surface area contributed by atoms with Gasteiger partial charge in [-0.3, -0.25) is 9.48 Å². The lowest BCUT2D eigenvalue weighted by molar-refractivity contribution is 0.0947. The van der Waals surface area contributed by atoms with Gasteiger partial charge < -0.3 is 10.1 Å². The van der Waals surface area contributed by atoms with Crippen LogP contribution in [-0.4, -0.2) is 22.3 Å². The first-order valence-electron chi connectivity index (χ1n) is 9.17. The standard InChI is InChI=1S/C22H25N3O2/c1-4-27-21-13-9-8-12-19(21)22(26)23-14-20-16(2)24-25(17(20)3)15-18-10-6-5-7-11-18/h5-13H,4,14-15H2,1-3H3,(H,23,26). The van der Waals surface area contributed by atoms with Crippen molar-refractivity contribution in [3.63, 3.8) is 0 Å². The Hall–Kier alpha value is -3.08. The van der Waals surface area contributed by atoms with Crippen molar-refractivity contribution in [1.82, 2.24) is 15.1 Å². The Labute approximate surface area is 160 Å². The maximum Gasteiger partial charge on any atom is 0.255 e. The molecule has 0 bridgehead atoms. The third-order valence-corrected chi connectivity index (χ3v) is 4.56. The van der Waals surface area contributed by atoms with Crippen LogP contribution >= 0.6 is 0 Å². The molecule has 1 heterocycles. The van der Waals surface area contributed by atoms with Crippen molar-refractivity contribution in [1.29, 1.82) is 0 Å². The lowest BCUT2D eigenvalue weighted by Gasteiger charge is -2.11. The third kappa shape index (κ3) is 4.37. The second kappa shape index (κ2) is 8.54. The smallest absolute Gasteiger partial charge is 0.255 e. The highest BCUT2D eigenvalue weighted by Crippen LogP contribution is 2.19. The van der Waals surface area contributed by atoms with Gasteiger partial charge in [-0.1, -0.05) is 42.5 Å². The highest BCUT2D eigenvalue weighted by molar-refractivity contribution is 5.96. The van der Waals surface area contributed by atoms with Gasteiger partial charge in [-0.25, -0.2) is 0 Å². The molecule has 140 valence electrons. The van der Waals surface area contributed by atoms with Crippen molar-refractivity contribution in [2.75, 3.05) is 6.61 Å². The van der Waals surface area contributed by atoms with E-state index in [1.54, 1.807) is 6.07 Å². The van der Waals surface area contributed by atoms with Gasteiger partial charge in [0.2, 0.25) is 0 Å². The molecule has 0 fully saturated rings. The van der Waals surface area contributed by atoms with E-state index in [9.17, 15) is 4.79 Å². The molecule has 0 spiro atoms. The molecule has 3 aromatic rings. The van der Waals surface area contributed by atoms with Crippen LogP contribution in [0.15, 0.2) is 54.6 Å². The number of carbonyl (C=O) groups excluding carboxylic acids is 1. The van der Waals surface area contributed by atoms with Crippen LogP contribution in [0, 0.1) is 13.8 Å². The van der Waals surface area contributed by atoms with Crippen molar-refractivity contribution < 1.29 is 9.53 Å². The first-order valence-corrected chi connectivity index (χ1v) is 9.17. The second-order valence-electron chi connectivity index (χ2n) is 6.40. The van der Waals surface area contributed by atoms with Gasteiger partial charge in [0.25, 0.3) is 5.91 Å². The lowest BCUT2D eigenvalue weighted by atomic mass is 10.1. The number of ether oxygens (including phenoxy) is 1. The number of hydrogen-bond donors (Lipinski definition) is 1. The number of aromatic nitrogens is 2. The molecule has 0 atom stereocenters. The molecule has 1 N–H and O–H groups in total. The topological polar surface area (TPSA) is 56.1 Å². The van der Waals surface area contributed by atoms with E-state index in [1.807, 2.05) is 61.9 Å². The largest absolute Gasteiger partial charge is 0.493 e. The molecule has 0 aliphatic heterocycles. The third-order valence-electron chi connectivity index (χ3n) is 4.56. The van der Waals surface area contributed by atoms with E-state index in [0.717, 1.165) is 17.0 Å². The van der Waals surface area contributed by atoms with Gasteiger partial charge in [-0.15, -0.1) is 0 Å². The van der Waals surface area contributed by atoms with Gasteiger partial charge in [0.05, 0.1) is 24.4 Å². The van der Waals surface area contributed by atoms with Gasteiger partial charge in [0, 0.05) is 17.8 Å². The number of nitrogens with zero attached hydrogens (tertiary/aromatic N) is 2. The Kier molecular flexibility index (Phi) is 5.91. The molecule has 0 radical (unpaired) electrons. The molecule has 0 saturated heterocycles. The Morgan fingerprint density at radius 1 is 1.07 bits per heavy atom. The van der Waals surface area contributed by atoms with Crippen molar-refractivity contribution in [3.8, 4) is 5.75 Å². The summed E-state index contributed by atoms with van der Waals surface area (Å²) in [6.07, 6.45) is 0. The van der Waals surface area contributed by atoms with E-state index < -0.39 is 0 Å². The highest BCUT2D eigenvalue weighted by Gasteiger charge is 2.15. The maximum absolute atomic E-state index is 12.6. The predicted molar refractivity (Wildman–Crippen MR) is 106 cm³/mol. The average molecular weight is 363 g/mol. The van der Waals surface area contributed by atoms with Crippen LogP contribution in [0.3, 0.4) is 0 Å². The van der Waals surface area contributed by atoms with Crippen LogP contribution < -0.4 is 10.1 Å². The number of hydrogen-bond acceptors (Lipinski definition) is 3. The van der Waals surface area contributed by atoms with Gasteiger partial charge in [0.1, 0.15) is 5.75 Å². The molecule has 3 rings (SSSR count). The van der Waals surface area contributed by atoms with Crippen molar-refractivity contribution in [3.05, 3.63) is 82.7 Å². The second-order valence-corrected chi connectivity index (χ2v) is 6.40. The number of amides is 1. The van der Waals surface area contributed by atoms with Crippen molar-refractivity contribution in [2.24, 2.45) is 0 Å². The van der Waals surface area contributed by atoms with E-state index >= 15 is 0 Å². The predicted octanol–water partition coefficient (Wildman–Crippen LogP) is 3.88. The molecule has 2 aromatic carbocycles. The van der Waals surface area contributed by atoms with Crippen LogP contribution in [0.2, 0.25) is 0 Å². The minimum absolute atomic E-state index is 0.145. The number of nitrogens with one attached hydrogen (secondary N) is 1. The summed E-state index contributed by atoms with van der Waals surface area (Å²) in [6.45, 7) is 7.60. The number of benzene rings is 2. The summed E-state index contributed by atoms with van der Waals surface area (Å²) in [5, 5.41) is 7.64. The normalized spacial score (nSPS) is 10.6. The number of para-hydroxylation sites is 1. The molecular formula is C22H25N3O2. The van der Waals surface area contributed by atoms with Crippen LogP contribution in [-0.2, 0) is 13.1 Å². The van der Waals surface area contributed by atoms with Crippen LogP contribution in [0.25, 0.3) is 0 Å². The zero-order valence-corrected chi connectivity index (χ0v) is 16.0. The fraction of sp³-hybridized carbons (Fsp3) is 0.273. The van der Waals surface area contributed by atoms with Gasteiger partial charge in [-0.05, 0) is 38.5 Å². The zero-order valence-electron chi connectivity index (χ0n) is 16.0. The Balaban J connectivity index is 1.72. The summed E-state index contributed by atoms with van der Waals surface area (Å²) < 4.78 is 7.54. The summed E-state index contributed by atoms with van der Waals surface area (Å²) in [4.78, 5) is 12.6. The Bertz CT molecular complexity index is 917. The first kappa shape index (κ1) is 18.7. The minimum atomic E-state index is -0.145. The van der Waals surface area contributed by atoms with Crippen molar-refractivity contribution in [2.45, 2.75) is 33.9 Å². The number of aryl methyl sites for hydroxylation is 1. The molecule has 1 amide bonds. The average Bonchev–Trinajstić information content (AvgIpc) is 2.94. The van der Waals surface area contributed by atoms with Crippen LogP contribution in [0.1, 0.15) is 39.8 Å². The maximum atomic E-state index is 12.6. The SMILES string of the molecule is CCOc1ccccc1C(=O)NCc1c(C)nn(Cc2ccccc2)c1C. The summed E-state index contributed by atoms with van der Waals surface area (Å²) in [7, 11) is 0. The molecule has 27 heavy (non-hydrogen) atoms. The van der Waals surface area contributed by atoms with Crippen LogP contribution in [0.4, 0.5) is 0 Å². The summed E-state index contributed by atoms with van der Waals surface area (Å²) in [5.74, 6) is 0.458. The summed E-state index contributed by atoms with van der Waals surface area (Å²) >= 11 is 0. The Morgan fingerprint density at radius 3 is 2.52 bits per heavy atom. The van der Waals surface area contributed by atoms with Crippen LogP contribution in [0.5, 0.6) is 5.75 Å². The summed E-state index contributed by atoms with van der Waals surface area (Å²) in [6, 6.07) is 17.5. The number of carbonyl (C=O) groups is 1. The van der Waals surface area contributed by atoms with E-state index in [4.69, 9.17) is 4.74 Å². The molecule has 0 aliphatic carbocycles. The minimum Gasteiger partial charge on any atom is -0.493 e. The van der Waals surface area contributed by atoms with E-state index in [0.29, 0.717) is 31.0 Å². The fourth-order valence-electron chi connectivity index (χ4n) is 3.10. The summed E-state index contributed by atoms with van der Waals surface area (Å²) in [5.41, 5.74) is 4.79. The molecule has 5 heteroatoms. The quantitative estimate of drug-likeness (QED) is 0.693. The molecule has 5 nitrogen and oxygen atoms in total. The monoisotopic (exact) mass is 363 g/mol. The zero-order chi connectivity index (χ0) is 19.2.